The number of hydrogen-bond acceptors (Lipinski definition) is 3. The van der Waals surface area contributed by atoms with Gasteiger partial charge in [0.1, 0.15) is 6.61 Å². The van der Waals surface area contributed by atoms with Gasteiger partial charge in [0.2, 0.25) is 5.90 Å². The summed E-state index contributed by atoms with van der Waals surface area (Å²) >= 11 is 12.7. The van der Waals surface area contributed by atoms with Crippen LogP contribution in [0.25, 0.3) is 11.3 Å². The first-order valence-corrected chi connectivity index (χ1v) is 9.85. The molecule has 3 aromatic rings. The Morgan fingerprint density at radius 2 is 1.82 bits per heavy atom. The maximum absolute atomic E-state index is 6.54. The smallest absolute Gasteiger partial charge is 0.225 e. The molecule has 0 saturated heterocycles. The Morgan fingerprint density at radius 1 is 1.07 bits per heavy atom. The lowest BCUT2D eigenvalue weighted by atomic mass is 10.0. The van der Waals surface area contributed by atoms with Gasteiger partial charge in [-0.05, 0) is 51.5 Å². The minimum absolute atomic E-state index is 0.233. The van der Waals surface area contributed by atoms with Crippen molar-refractivity contribution >= 4 is 34.8 Å². The molecule has 1 aliphatic heterocycles. The van der Waals surface area contributed by atoms with E-state index in [9.17, 15) is 0 Å². The van der Waals surface area contributed by atoms with Gasteiger partial charge in [0, 0.05) is 21.2 Å². The molecule has 1 aliphatic rings. The standard InChI is InChI=1S/C22H21Cl2N3O/c1-13-9-15(23)10-14-12-28-21(26-19(13)14)17-11-25-27(22(2,3)4)20(17)16-7-5-6-8-18(16)24/h5-11H,12H2,1-4H3. The molecule has 2 aromatic carbocycles. The van der Waals surface area contributed by atoms with E-state index in [2.05, 4.69) is 25.9 Å². The quantitative estimate of drug-likeness (QED) is 0.478. The van der Waals surface area contributed by atoms with Crippen molar-refractivity contribution in [1.82, 2.24) is 9.78 Å². The summed E-state index contributed by atoms with van der Waals surface area (Å²) in [6.07, 6.45) is 1.80. The molecule has 0 amide bonds. The first-order chi connectivity index (χ1) is 13.3. The number of aryl methyl sites for hydroxylation is 1. The minimum atomic E-state index is -0.233. The third-order valence-corrected chi connectivity index (χ3v) is 5.23. The predicted octanol–water partition coefficient (Wildman–Crippen LogP) is 6.53. The van der Waals surface area contributed by atoms with Crippen molar-refractivity contribution in [2.75, 3.05) is 0 Å². The Balaban J connectivity index is 1.93. The Bertz CT molecular complexity index is 1090. The van der Waals surface area contributed by atoms with E-state index in [0.717, 1.165) is 33.6 Å². The Kier molecular flexibility index (Phi) is 4.72. The summed E-state index contributed by atoms with van der Waals surface area (Å²) in [6.45, 7) is 8.74. The zero-order valence-corrected chi connectivity index (χ0v) is 17.8. The van der Waals surface area contributed by atoms with Crippen LogP contribution in [0.4, 0.5) is 5.69 Å². The van der Waals surface area contributed by atoms with Crippen LogP contribution in [0.5, 0.6) is 0 Å². The number of aromatic nitrogens is 2. The fraction of sp³-hybridized carbons (Fsp3) is 0.273. The van der Waals surface area contributed by atoms with Gasteiger partial charge in [-0.15, -0.1) is 0 Å². The molecule has 2 heterocycles. The second-order valence-corrected chi connectivity index (χ2v) is 8.75. The molecule has 0 fully saturated rings. The van der Waals surface area contributed by atoms with Gasteiger partial charge in [-0.1, -0.05) is 41.4 Å². The number of halogens is 2. The van der Waals surface area contributed by atoms with Crippen molar-refractivity contribution in [3.05, 3.63) is 69.3 Å². The van der Waals surface area contributed by atoms with Crippen LogP contribution in [-0.2, 0) is 16.9 Å². The Morgan fingerprint density at radius 3 is 2.54 bits per heavy atom. The van der Waals surface area contributed by atoms with Crippen molar-refractivity contribution in [3.8, 4) is 11.3 Å². The fourth-order valence-electron chi connectivity index (χ4n) is 3.42. The van der Waals surface area contributed by atoms with E-state index in [1.165, 1.54) is 0 Å². The molecule has 28 heavy (non-hydrogen) atoms. The number of ether oxygens (including phenoxy) is 1. The van der Waals surface area contributed by atoms with E-state index in [-0.39, 0.29) is 5.54 Å². The van der Waals surface area contributed by atoms with Crippen molar-refractivity contribution in [1.29, 1.82) is 0 Å². The normalized spacial score (nSPS) is 13.7. The van der Waals surface area contributed by atoms with Crippen molar-refractivity contribution in [3.63, 3.8) is 0 Å². The SMILES string of the molecule is Cc1cc(Cl)cc2c1N=C(c1cnn(C(C)(C)C)c1-c1ccccc1Cl)OC2. The molecular weight excluding hydrogens is 393 g/mol. The van der Waals surface area contributed by atoms with Gasteiger partial charge in [-0.25, -0.2) is 4.99 Å². The number of nitrogens with zero attached hydrogens (tertiary/aromatic N) is 3. The van der Waals surface area contributed by atoms with Crippen LogP contribution in [0, 0.1) is 6.92 Å². The molecule has 0 aliphatic carbocycles. The van der Waals surface area contributed by atoms with Crippen molar-refractivity contribution in [2.24, 2.45) is 4.99 Å². The van der Waals surface area contributed by atoms with E-state index in [1.54, 1.807) is 6.20 Å². The van der Waals surface area contributed by atoms with Crippen LogP contribution in [0.15, 0.2) is 47.6 Å². The number of fused-ring (bicyclic) bond motifs is 1. The molecule has 0 bridgehead atoms. The summed E-state index contributed by atoms with van der Waals surface area (Å²) in [4.78, 5) is 4.81. The summed E-state index contributed by atoms with van der Waals surface area (Å²) in [5, 5.41) is 6.00. The van der Waals surface area contributed by atoms with Crippen molar-refractivity contribution in [2.45, 2.75) is 39.8 Å². The van der Waals surface area contributed by atoms with E-state index in [1.807, 2.05) is 48.0 Å². The van der Waals surface area contributed by atoms with Gasteiger partial charge in [0.25, 0.3) is 0 Å². The third kappa shape index (κ3) is 3.31. The van der Waals surface area contributed by atoms with Crippen LogP contribution in [-0.4, -0.2) is 15.7 Å². The maximum Gasteiger partial charge on any atom is 0.225 e. The molecule has 0 N–H and O–H groups in total. The number of rotatable bonds is 2. The highest BCUT2D eigenvalue weighted by Crippen LogP contribution is 2.37. The molecule has 4 nitrogen and oxygen atoms in total. The zero-order chi connectivity index (χ0) is 20.1. The highest BCUT2D eigenvalue weighted by Gasteiger charge is 2.28. The zero-order valence-electron chi connectivity index (χ0n) is 16.3. The molecule has 6 heteroatoms. The van der Waals surface area contributed by atoms with E-state index >= 15 is 0 Å². The van der Waals surface area contributed by atoms with Gasteiger partial charge < -0.3 is 4.74 Å². The molecular formula is C22H21Cl2N3O. The highest BCUT2D eigenvalue weighted by atomic mass is 35.5. The molecule has 0 radical (unpaired) electrons. The molecule has 0 saturated carbocycles. The Hall–Kier alpha value is -2.30. The number of benzene rings is 2. The van der Waals surface area contributed by atoms with Gasteiger partial charge in [0.15, 0.2) is 0 Å². The van der Waals surface area contributed by atoms with Crippen LogP contribution in [0.2, 0.25) is 10.0 Å². The summed E-state index contributed by atoms with van der Waals surface area (Å²) in [5.41, 5.74) is 5.29. The summed E-state index contributed by atoms with van der Waals surface area (Å²) in [7, 11) is 0. The summed E-state index contributed by atoms with van der Waals surface area (Å²) in [6, 6.07) is 11.6. The number of aliphatic imine (C=N–C) groups is 1. The average molecular weight is 414 g/mol. The van der Waals surface area contributed by atoms with Gasteiger partial charge >= 0.3 is 0 Å². The van der Waals surface area contributed by atoms with Gasteiger partial charge in [-0.2, -0.15) is 5.10 Å². The number of hydrogen-bond donors (Lipinski definition) is 0. The first kappa shape index (κ1) is 19.0. The van der Waals surface area contributed by atoms with Gasteiger partial charge in [0.05, 0.1) is 28.7 Å². The van der Waals surface area contributed by atoms with Crippen LogP contribution < -0.4 is 0 Å². The van der Waals surface area contributed by atoms with E-state index in [0.29, 0.717) is 22.5 Å². The maximum atomic E-state index is 6.54. The van der Waals surface area contributed by atoms with E-state index in [4.69, 9.17) is 32.9 Å². The second-order valence-electron chi connectivity index (χ2n) is 7.91. The fourth-order valence-corrected chi connectivity index (χ4v) is 3.94. The molecule has 0 atom stereocenters. The molecule has 1 aromatic heterocycles. The summed E-state index contributed by atoms with van der Waals surface area (Å²) in [5.74, 6) is 0.545. The monoisotopic (exact) mass is 413 g/mol. The lowest BCUT2D eigenvalue weighted by Crippen LogP contribution is -2.24. The summed E-state index contributed by atoms with van der Waals surface area (Å²) < 4.78 is 8.00. The van der Waals surface area contributed by atoms with Crippen LogP contribution in [0.3, 0.4) is 0 Å². The highest BCUT2D eigenvalue weighted by molar-refractivity contribution is 6.33. The molecule has 4 rings (SSSR count). The topological polar surface area (TPSA) is 39.4 Å². The third-order valence-electron chi connectivity index (χ3n) is 4.69. The van der Waals surface area contributed by atoms with Crippen LogP contribution in [0.1, 0.15) is 37.5 Å². The first-order valence-electron chi connectivity index (χ1n) is 9.10. The van der Waals surface area contributed by atoms with Gasteiger partial charge in [-0.3, -0.25) is 4.68 Å². The predicted molar refractivity (Wildman–Crippen MR) is 115 cm³/mol. The second kappa shape index (κ2) is 6.94. The van der Waals surface area contributed by atoms with Crippen LogP contribution >= 0.6 is 23.2 Å². The lowest BCUT2D eigenvalue weighted by Gasteiger charge is -2.24. The lowest BCUT2D eigenvalue weighted by molar-refractivity contribution is 0.288. The average Bonchev–Trinajstić information content (AvgIpc) is 3.07. The van der Waals surface area contributed by atoms with Crippen molar-refractivity contribution < 1.29 is 4.74 Å². The molecule has 144 valence electrons. The molecule has 0 unspecified atom stereocenters. The largest absolute Gasteiger partial charge is 0.472 e. The molecule has 0 spiro atoms. The van der Waals surface area contributed by atoms with E-state index < -0.39 is 0 Å². The Labute approximate surface area is 174 Å². The minimum Gasteiger partial charge on any atom is -0.472 e.